The number of nitro groups is 1. The fourth-order valence-corrected chi connectivity index (χ4v) is 1.91. The van der Waals surface area contributed by atoms with Crippen molar-refractivity contribution in [2.24, 2.45) is 11.8 Å². The van der Waals surface area contributed by atoms with Crippen molar-refractivity contribution in [1.29, 1.82) is 0 Å². The van der Waals surface area contributed by atoms with Crippen LogP contribution in [-0.2, 0) is 4.79 Å². The SMILES string of the molecule is Cc1ccc(C(=O)CC(C(=O)O)C(C)C)cc1[N+](=O)[O-]. The molecule has 0 saturated heterocycles. The molecule has 6 nitrogen and oxygen atoms in total. The molecule has 0 bridgehead atoms. The number of carbonyl (C=O) groups is 2. The van der Waals surface area contributed by atoms with Crippen molar-refractivity contribution >= 4 is 17.4 Å². The standard InChI is InChI=1S/C14H17NO5/c1-8(2)11(14(17)18)7-13(16)10-5-4-9(3)12(6-10)15(19)20/h4-6,8,11H,7H2,1-3H3,(H,17,18). The van der Waals surface area contributed by atoms with E-state index in [1.807, 2.05) is 0 Å². The highest BCUT2D eigenvalue weighted by Gasteiger charge is 2.26. The van der Waals surface area contributed by atoms with E-state index in [4.69, 9.17) is 5.11 Å². The van der Waals surface area contributed by atoms with Crippen molar-refractivity contribution in [3.8, 4) is 0 Å². The van der Waals surface area contributed by atoms with Crippen LogP contribution in [0, 0.1) is 28.9 Å². The van der Waals surface area contributed by atoms with Crippen LogP contribution in [0.4, 0.5) is 5.69 Å². The largest absolute Gasteiger partial charge is 0.481 e. The minimum absolute atomic E-state index is 0.132. The minimum atomic E-state index is -1.03. The Morgan fingerprint density at radius 3 is 2.40 bits per heavy atom. The van der Waals surface area contributed by atoms with E-state index in [0.29, 0.717) is 5.56 Å². The first-order chi connectivity index (χ1) is 9.23. The zero-order valence-corrected chi connectivity index (χ0v) is 11.6. The fourth-order valence-electron chi connectivity index (χ4n) is 1.91. The molecule has 0 heterocycles. The Kier molecular flexibility index (Phi) is 4.96. The maximum Gasteiger partial charge on any atom is 0.307 e. The van der Waals surface area contributed by atoms with Crippen molar-refractivity contribution < 1.29 is 19.6 Å². The van der Waals surface area contributed by atoms with Crippen molar-refractivity contribution in [3.63, 3.8) is 0 Å². The number of aryl methyl sites for hydroxylation is 1. The quantitative estimate of drug-likeness (QED) is 0.490. The Balaban J connectivity index is 3.01. The lowest BCUT2D eigenvalue weighted by atomic mass is 9.89. The molecule has 0 amide bonds. The van der Waals surface area contributed by atoms with Gasteiger partial charge in [0, 0.05) is 23.6 Å². The number of hydrogen-bond donors (Lipinski definition) is 1. The van der Waals surface area contributed by atoms with Crippen molar-refractivity contribution in [3.05, 3.63) is 39.4 Å². The van der Waals surface area contributed by atoms with Crippen molar-refractivity contribution in [2.75, 3.05) is 0 Å². The average Bonchev–Trinajstić information content (AvgIpc) is 2.34. The number of carboxylic acid groups (broad SMARTS) is 1. The van der Waals surface area contributed by atoms with Crippen LogP contribution >= 0.6 is 0 Å². The van der Waals surface area contributed by atoms with Gasteiger partial charge in [0.1, 0.15) is 0 Å². The summed E-state index contributed by atoms with van der Waals surface area (Å²) in [5.41, 5.74) is 0.506. The van der Waals surface area contributed by atoms with E-state index in [-0.39, 0.29) is 23.6 Å². The zero-order valence-electron chi connectivity index (χ0n) is 11.6. The number of ketones is 1. The van der Waals surface area contributed by atoms with Gasteiger partial charge in [-0.2, -0.15) is 0 Å². The third-order valence-corrected chi connectivity index (χ3v) is 3.26. The normalized spacial score (nSPS) is 12.2. The molecule has 1 rings (SSSR count). The number of hydrogen-bond acceptors (Lipinski definition) is 4. The molecule has 0 saturated carbocycles. The molecule has 0 spiro atoms. The van der Waals surface area contributed by atoms with E-state index < -0.39 is 22.6 Å². The van der Waals surface area contributed by atoms with E-state index >= 15 is 0 Å². The lowest BCUT2D eigenvalue weighted by molar-refractivity contribution is -0.385. The van der Waals surface area contributed by atoms with Crippen LogP contribution in [0.1, 0.15) is 36.2 Å². The summed E-state index contributed by atoms with van der Waals surface area (Å²) >= 11 is 0. The van der Waals surface area contributed by atoms with Gasteiger partial charge in [-0.25, -0.2) is 0 Å². The number of nitrogens with zero attached hydrogens (tertiary/aromatic N) is 1. The van der Waals surface area contributed by atoms with Crippen LogP contribution < -0.4 is 0 Å². The maximum atomic E-state index is 12.1. The van der Waals surface area contributed by atoms with Gasteiger partial charge < -0.3 is 5.11 Å². The number of carbonyl (C=O) groups excluding carboxylic acids is 1. The Bertz CT molecular complexity index is 550. The van der Waals surface area contributed by atoms with Crippen LogP contribution in [0.3, 0.4) is 0 Å². The number of rotatable bonds is 6. The summed E-state index contributed by atoms with van der Waals surface area (Å²) in [5.74, 6) is -2.40. The molecular formula is C14H17NO5. The first-order valence-corrected chi connectivity index (χ1v) is 6.25. The zero-order chi connectivity index (χ0) is 15.4. The minimum Gasteiger partial charge on any atom is -0.481 e. The van der Waals surface area contributed by atoms with Gasteiger partial charge in [0.15, 0.2) is 5.78 Å². The van der Waals surface area contributed by atoms with Crippen LogP contribution in [0.5, 0.6) is 0 Å². The molecule has 0 aliphatic rings. The molecule has 0 aromatic heterocycles. The van der Waals surface area contributed by atoms with Gasteiger partial charge in [0.05, 0.1) is 10.8 Å². The topological polar surface area (TPSA) is 97.5 Å². The van der Waals surface area contributed by atoms with Crippen LogP contribution in [0.25, 0.3) is 0 Å². The lowest BCUT2D eigenvalue weighted by Crippen LogP contribution is -2.23. The number of carboxylic acids is 1. The third-order valence-electron chi connectivity index (χ3n) is 3.26. The maximum absolute atomic E-state index is 12.1. The number of nitro benzene ring substituents is 1. The van der Waals surface area contributed by atoms with E-state index in [2.05, 4.69) is 0 Å². The summed E-state index contributed by atoms with van der Waals surface area (Å²) in [7, 11) is 0. The van der Waals surface area contributed by atoms with E-state index in [9.17, 15) is 19.7 Å². The highest BCUT2D eigenvalue weighted by atomic mass is 16.6. The average molecular weight is 279 g/mol. The lowest BCUT2D eigenvalue weighted by Gasteiger charge is -2.15. The summed E-state index contributed by atoms with van der Waals surface area (Å²) in [4.78, 5) is 33.4. The van der Waals surface area contributed by atoms with Gasteiger partial charge in [-0.1, -0.05) is 26.0 Å². The van der Waals surface area contributed by atoms with Gasteiger partial charge in [-0.15, -0.1) is 0 Å². The molecule has 1 aromatic carbocycles. The van der Waals surface area contributed by atoms with Crippen molar-refractivity contribution in [1.82, 2.24) is 0 Å². The van der Waals surface area contributed by atoms with Crippen LogP contribution in [0.15, 0.2) is 18.2 Å². The molecular weight excluding hydrogens is 262 g/mol. The monoisotopic (exact) mass is 279 g/mol. The molecule has 0 aliphatic heterocycles. The predicted molar refractivity (Wildman–Crippen MR) is 72.7 cm³/mol. The molecule has 20 heavy (non-hydrogen) atoms. The van der Waals surface area contributed by atoms with Crippen LogP contribution in [-0.4, -0.2) is 21.8 Å². The molecule has 1 atom stereocenters. The Morgan fingerprint density at radius 1 is 1.35 bits per heavy atom. The van der Waals surface area contributed by atoms with E-state index in [0.717, 1.165) is 0 Å². The number of aliphatic carboxylic acids is 1. The second-order valence-electron chi connectivity index (χ2n) is 5.07. The number of benzene rings is 1. The van der Waals surface area contributed by atoms with Crippen molar-refractivity contribution in [2.45, 2.75) is 27.2 Å². The highest BCUT2D eigenvalue weighted by molar-refractivity contribution is 5.98. The second-order valence-corrected chi connectivity index (χ2v) is 5.07. The Morgan fingerprint density at radius 2 is 1.95 bits per heavy atom. The molecule has 1 N–H and O–H groups in total. The van der Waals surface area contributed by atoms with Gasteiger partial charge in [0.2, 0.25) is 0 Å². The van der Waals surface area contributed by atoms with Crippen LogP contribution in [0.2, 0.25) is 0 Å². The molecule has 0 fully saturated rings. The third kappa shape index (κ3) is 3.63. The van der Waals surface area contributed by atoms with Gasteiger partial charge in [-0.05, 0) is 12.8 Å². The molecule has 0 aliphatic carbocycles. The molecule has 108 valence electrons. The fraction of sp³-hybridized carbons (Fsp3) is 0.429. The van der Waals surface area contributed by atoms with Gasteiger partial charge >= 0.3 is 5.97 Å². The molecule has 0 radical (unpaired) electrons. The Labute approximate surface area is 116 Å². The summed E-state index contributed by atoms with van der Waals surface area (Å²) in [6.07, 6.45) is -0.160. The highest BCUT2D eigenvalue weighted by Crippen LogP contribution is 2.23. The first-order valence-electron chi connectivity index (χ1n) is 6.25. The summed E-state index contributed by atoms with van der Waals surface area (Å²) < 4.78 is 0. The predicted octanol–water partition coefficient (Wildman–Crippen LogP) is 2.83. The Hall–Kier alpha value is -2.24. The first kappa shape index (κ1) is 15.8. The van der Waals surface area contributed by atoms with E-state index in [1.165, 1.54) is 18.2 Å². The van der Waals surface area contributed by atoms with E-state index in [1.54, 1.807) is 20.8 Å². The smallest absolute Gasteiger partial charge is 0.307 e. The summed E-state index contributed by atoms with van der Waals surface area (Å²) in [6.45, 7) is 5.04. The molecule has 1 aromatic rings. The van der Waals surface area contributed by atoms with Gasteiger partial charge in [0.25, 0.3) is 5.69 Å². The number of Topliss-reactive ketones (excluding diaryl/α,β-unsaturated/α-hetero) is 1. The summed E-state index contributed by atoms with van der Waals surface area (Å²) in [5, 5.41) is 19.9. The molecule has 6 heteroatoms. The second kappa shape index (κ2) is 6.27. The van der Waals surface area contributed by atoms with Gasteiger partial charge in [-0.3, -0.25) is 19.7 Å². The summed E-state index contributed by atoms with van der Waals surface area (Å²) in [6, 6.07) is 4.19. The molecule has 1 unspecified atom stereocenters.